The quantitative estimate of drug-likeness (QED) is 0.915. The Labute approximate surface area is 140 Å². The fraction of sp³-hybridized carbons (Fsp3) is 0.375. The largest absolute Gasteiger partial charge is 0.351 e. The van der Waals surface area contributed by atoms with Crippen LogP contribution >= 0.6 is 0 Å². The fourth-order valence-corrected chi connectivity index (χ4v) is 4.22. The van der Waals surface area contributed by atoms with Gasteiger partial charge in [0, 0.05) is 24.8 Å². The number of amides is 1. The molecule has 0 radical (unpaired) electrons. The zero-order valence-electron chi connectivity index (χ0n) is 13.4. The zero-order chi connectivity index (χ0) is 17.2. The Morgan fingerprint density at radius 1 is 1.21 bits per heavy atom. The summed E-state index contributed by atoms with van der Waals surface area (Å²) >= 11 is 0. The van der Waals surface area contributed by atoms with Crippen molar-refractivity contribution in [1.82, 2.24) is 9.46 Å². The Balaban J connectivity index is 1.80. The third kappa shape index (κ3) is 3.49. The maximum absolute atomic E-state index is 12.7. The minimum absolute atomic E-state index is 0.0804. The summed E-state index contributed by atoms with van der Waals surface area (Å²) in [6, 6.07) is 7.77. The van der Waals surface area contributed by atoms with Gasteiger partial charge in [0.25, 0.3) is 5.91 Å². The van der Waals surface area contributed by atoms with E-state index in [-0.39, 0.29) is 10.7 Å². The van der Waals surface area contributed by atoms with Gasteiger partial charge in [-0.3, -0.25) is 4.79 Å². The molecule has 7 nitrogen and oxygen atoms in total. The van der Waals surface area contributed by atoms with Gasteiger partial charge in [-0.05, 0) is 38.0 Å². The third-order valence-corrected chi connectivity index (χ3v) is 5.79. The summed E-state index contributed by atoms with van der Waals surface area (Å²) in [5, 5.41) is 6.29. The second-order valence-corrected chi connectivity index (χ2v) is 7.72. The van der Waals surface area contributed by atoms with E-state index in [4.69, 9.17) is 4.52 Å². The molecule has 1 amide bonds. The normalized spacial score (nSPS) is 16.0. The first-order chi connectivity index (χ1) is 11.5. The average molecular weight is 349 g/mol. The number of piperidine rings is 1. The molecule has 1 aliphatic rings. The Hall–Kier alpha value is -2.19. The number of sulfonamides is 1. The van der Waals surface area contributed by atoms with Gasteiger partial charge < -0.3 is 9.84 Å². The first-order valence-corrected chi connectivity index (χ1v) is 9.26. The molecular weight excluding hydrogens is 330 g/mol. The van der Waals surface area contributed by atoms with E-state index in [1.165, 1.54) is 22.5 Å². The summed E-state index contributed by atoms with van der Waals surface area (Å²) in [7, 11) is -3.53. The van der Waals surface area contributed by atoms with Crippen LogP contribution in [-0.4, -0.2) is 36.9 Å². The Kier molecular flexibility index (Phi) is 4.68. The van der Waals surface area contributed by atoms with Gasteiger partial charge in [-0.25, -0.2) is 8.42 Å². The highest BCUT2D eigenvalue weighted by Crippen LogP contribution is 2.23. The highest BCUT2D eigenvalue weighted by atomic mass is 32.2. The molecule has 0 saturated carbocycles. The van der Waals surface area contributed by atoms with Crippen LogP contribution in [0.3, 0.4) is 0 Å². The molecular formula is C16H19N3O4S. The van der Waals surface area contributed by atoms with Gasteiger partial charge >= 0.3 is 0 Å². The number of nitrogens with one attached hydrogen (secondary N) is 1. The molecule has 1 saturated heterocycles. The van der Waals surface area contributed by atoms with Gasteiger partial charge in [0.2, 0.25) is 15.8 Å². The van der Waals surface area contributed by atoms with Crippen molar-refractivity contribution in [2.45, 2.75) is 31.1 Å². The van der Waals surface area contributed by atoms with Gasteiger partial charge in [0.15, 0.2) is 0 Å². The van der Waals surface area contributed by atoms with Crippen molar-refractivity contribution in [1.29, 1.82) is 0 Å². The first-order valence-electron chi connectivity index (χ1n) is 7.82. The summed E-state index contributed by atoms with van der Waals surface area (Å²) in [5.41, 5.74) is 0.994. The standard InChI is InChI=1S/C16H19N3O4S/c1-12-10-15(23-18-12)16(20)17-13-6-5-7-14(11-13)24(21,22)19-8-3-2-4-9-19/h5-7,10-11H,2-4,8-9H2,1H3,(H,17,20). The van der Waals surface area contributed by atoms with Crippen molar-refractivity contribution in [3.63, 3.8) is 0 Å². The smallest absolute Gasteiger partial charge is 0.294 e. The molecule has 3 rings (SSSR count). The minimum atomic E-state index is -3.53. The molecule has 128 valence electrons. The second kappa shape index (κ2) is 6.74. The molecule has 0 aliphatic carbocycles. The van der Waals surface area contributed by atoms with E-state index in [9.17, 15) is 13.2 Å². The van der Waals surface area contributed by atoms with Crippen LogP contribution in [0.2, 0.25) is 0 Å². The maximum Gasteiger partial charge on any atom is 0.294 e. The van der Waals surface area contributed by atoms with Crippen molar-refractivity contribution in [3.8, 4) is 0 Å². The second-order valence-electron chi connectivity index (χ2n) is 5.78. The number of carbonyl (C=O) groups is 1. The summed E-state index contributed by atoms with van der Waals surface area (Å²) < 4.78 is 31.8. The Morgan fingerprint density at radius 3 is 2.62 bits per heavy atom. The van der Waals surface area contributed by atoms with Crippen molar-refractivity contribution in [2.24, 2.45) is 0 Å². The number of carbonyl (C=O) groups excluding carboxylic acids is 1. The molecule has 0 spiro atoms. The minimum Gasteiger partial charge on any atom is -0.351 e. The Bertz CT molecular complexity index is 839. The number of nitrogens with zero attached hydrogens (tertiary/aromatic N) is 2. The predicted octanol–water partition coefficient (Wildman–Crippen LogP) is 2.41. The molecule has 0 bridgehead atoms. The summed E-state index contributed by atoms with van der Waals surface area (Å²) in [6.45, 7) is 2.79. The van der Waals surface area contributed by atoms with Crippen molar-refractivity contribution >= 4 is 21.6 Å². The number of hydrogen-bond acceptors (Lipinski definition) is 5. The molecule has 2 aromatic rings. The number of rotatable bonds is 4. The lowest BCUT2D eigenvalue weighted by Gasteiger charge is -2.26. The molecule has 1 aliphatic heterocycles. The van der Waals surface area contributed by atoms with Crippen LogP contribution < -0.4 is 5.32 Å². The van der Waals surface area contributed by atoms with Gasteiger partial charge in [-0.2, -0.15) is 4.31 Å². The van der Waals surface area contributed by atoms with E-state index in [0.29, 0.717) is 24.5 Å². The van der Waals surface area contributed by atoms with E-state index >= 15 is 0 Å². The predicted molar refractivity (Wildman–Crippen MR) is 88.2 cm³/mol. The van der Waals surface area contributed by atoms with Gasteiger partial charge in [0.05, 0.1) is 10.6 Å². The van der Waals surface area contributed by atoms with E-state index in [1.807, 2.05) is 0 Å². The number of anilines is 1. The molecule has 1 N–H and O–H groups in total. The van der Waals surface area contributed by atoms with E-state index < -0.39 is 15.9 Å². The Morgan fingerprint density at radius 2 is 1.96 bits per heavy atom. The van der Waals surface area contributed by atoms with Crippen LogP contribution in [-0.2, 0) is 10.0 Å². The van der Waals surface area contributed by atoms with Crippen LogP contribution in [0.4, 0.5) is 5.69 Å². The van der Waals surface area contributed by atoms with E-state index in [2.05, 4.69) is 10.5 Å². The number of hydrogen-bond donors (Lipinski definition) is 1. The molecule has 2 heterocycles. The van der Waals surface area contributed by atoms with Crippen LogP contribution in [0.5, 0.6) is 0 Å². The molecule has 24 heavy (non-hydrogen) atoms. The fourth-order valence-electron chi connectivity index (χ4n) is 2.65. The maximum atomic E-state index is 12.7. The summed E-state index contributed by atoms with van der Waals surface area (Å²) in [5.74, 6) is -0.389. The molecule has 8 heteroatoms. The molecule has 1 fully saturated rings. The van der Waals surface area contributed by atoms with Gasteiger partial charge in [0.1, 0.15) is 0 Å². The first kappa shape index (κ1) is 16.7. The number of aromatic nitrogens is 1. The molecule has 1 aromatic heterocycles. The average Bonchev–Trinajstić information content (AvgIpc) is 3.02. The van der Waals surface area contributed by atoms with Gasteiger partial charge in [-0.1, -0.05) is 17.6 Å². The molecule has 0 unspecified atom stereocenters. The lowest BCUT2D eigenvalue weighted by atomic mass is 10.2. The lowest BCUT2D eigenvalue weighted by Crippen LogP contribution is -2.35. The molecule has 1 aromatic carbocycles. The van der Waals surface area contributed by atoms with Crippen LogP contribution in [0, 0.1) is 6.92 Å². The van der Waals surface area contributed by atoms with Crippen molar-refractivity contribution in [3.05, 3.63) is 41.8 Å². The monoisotopic (exact) mass is 349 g/mol. The van der Waals surface area contributed by atoms with Crippen LogP contribution in [0.25, 0.3) is 0 Å². The highest BCUT2D eigenvalue weighted by molar-refractivity contribution is 7.89. The van der Waals surface area contributed by atoms with E-state index in [0.717, 1.165) is 19.3 Å². The number of aryl methyl sites for hydroxylation is 1. The van der Waals surface area contributed by atoms with Crippen LogP contribution in [0.1, 0.15) is 35.5 Å². The summed E-state index contributed by atoms with van der Waals surface area (Å²) in [4.78, 5) is 12.3. The third-order valence-electron chi connectivity index (χ3n) is 3.90. The zero-order valence-corrected chi connectivity index (χ0v) is 14.2. The van der Waals surface area contributed by atoms with Gasteiger partial charge in [-0.15, -0.1) is 0 Å². The van der Waals surface area contributed by atoms with Crippen molar-refractivity contribution < 1.29 is 17.7 Å². The topological polar surface area (TPSA) is 92.5 Å². The number of benzene rings is 1. The van der Waals surface area contributed by atoms with E-state index in [1.54, 1.807) is 19.1 Å². The summed E-state index contributed by atoms with van der Waals surface area (Å²) in [6.07, 6.45) is 2.81. The SMILES string of the molecule is Cc1cc(C(=O)Nc2cccc(S(=O)(=O)N3CCCCC3)c2)on1. The lowest BCUT2D eigenvalue weighted by molar-refractivity contribution is 0.0988. The van der Waals surface area contributed by atoms with Crippen LogP contribution in [0.15, 0.2) is 39.8 Å². The highest BCUT2D eigenvalue weighted by Gasteiger charge is 2.26. The molecule has 0 atom stereocenters. The van der Waals surface area contributed by atoms with Crippen molar-refractivity contribution in [2.75, 3.05) is 18.4 Å².